The first-order valence-electron chi connectivity index (χ1n) is 4.27. The molecule has 3 nitrogen and oxygen atoms in total. The van der Waals surface area contributed by atoms with Gasteiger partial charge in [-0.1, -0.05) is 29.5 Å². The van der Waals surface area contributed by atoms with Gasteiger partial charge in [-0.05, 0) is 26.1 Å². The highest BCUT2D eigenvalue weighted by Crippen LogP contribution is 2.21. The van der Waals surface area contributed by atoms with Gasteiger partial charge in [0, 0.05) is 4.90 Å². The van der Waals surface area contributed by atoms with E-state index >= 15 is 0 Å². The predicted octanol–water partition coefficient (Wildman–Crippen LogP) is 1.72. The van der Waals surface area contributed by atoms with E-state index in [1.54, 1.807) is 7.05 Å². The third kappa shape index (κ3) is 3.05. The molecule has 1 unspecified atom stereocenters. The summed E-state index contributed by atoms with van der Waals surface area (Å²) in [6.07, 6.45) is 0. The van der Waals surface area contributed by atoms with Crippen LogP contribution in [0.2, 0.25) is 0 Å². The summed E-state index contributed by atoms with van der Waals surface area (Å²) in [5, 5.41) is 10.9. The lowest BCUT2D eigenvalue weighted by Gasteiger charge is -2.10. The number of hydrogen-bond donors (Lipinski definition) is 2. The average molecular weight is 211 g/mol. The SMILES string of the molecule is CNC(Sc1ccc(C)cc1)C(=O)O. The molecule has 1 aromatic rings. The standard InChI is InChI=1S/C10H13NO2S/c1-7-3-5-8(6-4-7)14-9(11-2)10(12)13/h3-6,9,11H,1-2H3,(H,12,13). The lowest BCUT2D eigenvalue weighted by atomic mass is 10.2. The molecule has 0 saturated carbocycles. The van der Waals surface area contributed by atoms with Crippen LogP contribution >= 0.6 is 11.8 Å². The molecular weight excluding hydrogens is 198 g/mol. The van der Waals surface area contributed by atoms with Crippen molar-refractivity contribution in [2.24, 2.45) is 0 Å². The Morgan fingerprint density at radius 3 is 2.43 bits per heavy atom. The summed E-state index contributed by atoms with van der Waals surface area (Å²) in [5.74, 6) is -0.849. The normalized spacial score (nSPS) is 12.4. The molecule has 76 valence electrons. The molecule has 2 N–H and O–H groups in total. The molecule has 4 heteroatoms. The van der Waals surface area contributed by atoms with Crippen LogP contribution in [-0.4, -0.2) is 23.5 Å². The number of aliphatic carboxylic acids is 1. The van der Waals surface area contributed by atoms with Crippen LogP contribution in [0.1, 0.15) is 5.56 Å². The van der Waals surface area contributed by atoms with Gasteiger partial charge in [-0.2, -0.15) is 0 Å². The predicted molar refractivity (Wildman–Crippen MR) is 57.5 cm³/mol. The zero-order valence-electron chi connectivity index (χ0n) is 8.15. The van der Waals surface area contributed by atoms with Crippen molar-refractivity contribution in [1.29, 1.82) is 0 Å². The highest BCUT2D eigenvalue weighted by Gasteiger charge is 2.15. The van der Waals surface area contributed by atoms with Crippen LogP contribution in [0.5, 0.6) is 0 Å². The molecule has 14 heavy (non-hydrogen) atoms. The second kappa shape index (κ2) is 5.02. The van der Waals surface area contributed by atoms with Gasteiger partial charge >= 0.3 is 5.97 Å². The van der Waals surface area contributed by atoms with E-state index in [1.165, 1.54) is 17.3 Å². The Balaban J connectivity index is 2.67. The second-order valence-corrected chi connectivity index (χ2v) is 4.12. The molecule has 1 rings (SSSR count). The highest BCUT2D eigenvalue weighted by molar-refractivity contribution is 8.00. The molecule has 1 aromatic carbocycles. The average Bonchev–Trinajstić information content (AvgIpc) is 2.16. The topological polar surface area (TPSA) is 49.3 Å². The van der Waals surface area contributed by atoms with Crippen LogP contribution in [0.25, 0.3) is 0 Å². The lowest BCUT2D eigenvalue weighted by Crippen LogP contribution is -2.30. The molecule has 1 atom stereocenters. The van der Waals surface area contributed by atoms with Crippen LogP contribution in [0.3, 0.4) is 0 Å². The number of aryl methyl sites for hydroxylation is 1. The number of thioether (sulfide) groups is 1. The third-order valence-electron chi connectivity index (χ3n) is 1.76. The Labute approximate surface area is 87.5 Å². The van der Waals surface area contributed by atoms with E-state index in [0.29, 0.717) is 0 Å². The zero-order valence-corrected chi connectivity index (χ0v) is 8.97. The molecule has 0 radical (unpaired) electrons. The van der Waals surface area contributed by atoms with Crippen molar-refractivity contribution < 1.29 is 9.90 Å². The van der Waals surface area contributed by atoms with Crippen molar-refractivity contribution in [3.8, 4) is 0 Å². The fourth-order valence-electron chi connectivity index (χ4n) is 0.986. The Hall–Kier alpha value is -1.00. The van der Waals surface area contributed by atoms with Gasteiger partial charge in [0.1, 0.15) is 0 Å². The van der Waals surface area contributed by atoms with E-state index in [0.717, 1.165) is 4.90 Å². The van der Waals surface area contributed by atoms with Crippen molar-refractivity contribution in [3.05, 3.63) is 29.8 Å². The van der Waals surface area contributed by atoms with Crippen molar-refractivity contribution in [1.82, 2.24) is 5.32 Å². The van der Waals surface area contributed by atoms with Gasteiger partial charge in [-0.25, -0.2) is 4.79 Å². The van der Waals surface area contributed by atoms with Crippen molar-refractivity contribution in [2.75, 3.05) is 7.05 Å². The summed E-state index contributed by atoms with van der Waals surface area (Å²) < 4.78 is 0. The number of carbonyl (C=O) groups is 1. The van der Waals surface area contributed by atoms with Gasteiger partial charge in [-0.15, -0.1) is 0 Å². The second-order valence-electron chi connectivity index (χ2n) is 2.94. The van der Waals surface area contributed by atoms with Crippen molar-refractivity contribution >= 4 is 17.7 Å². The van der Waals surface area contributed by atoms with Gasteiger partial charge in [-0.3, -0.25) is 5.32 Å². The van der Waals surface area contributed by atoms with Gasteiger partial charge in [0.05, 0.1) is 0 Å². The molecule has 0 heterocycles. The molecule has 0 spiro atoms. The molecule has 0 amide bonds. The number of benzene rings is 1. The molecule has 0 aliphatic carbocycles. The van der Waals surface area contributed by atoms with E-state index in [9.17, 15) is 4.79 Å². The van der Waals surface area contributed by atoms with E-state index in [-0.39, 0.29) is 0 Å². The van der Waals surface area contributed by atoms with Gasteiger partial charge in [0.25, 0.3) is 0 Å². The summed E-state index contributed by atoms with van der Waals surface area (Å²) in [6, 6.07) is 7.79. The molecule has 0 saturated heterocycles. The largest absolute Gasteiger partial charge is 0.479 e. The van der Waals surface area contributed by atoms with E-state index in [1.807, 2.05) is 31.2 Å². The number of carboxylic acid groups (broad SMARTS) is 1. The molecule has 0 fully saturated rings. The fourth-order valence-corrected chi connectivity index (χ4v) is 1.77. The monoisotopic (exact) mass is 211 g/mol. The smallest absolute Gasteiger partial charge is 0.331 e. The van der Waals surface area contributed by atoms with Crippen LogP contribution in [0.4, 0.5) is 0 Å². The van der Waals surface area contributed by atoms with Crippen LogP contribution in [0, 0.1) is 6.92 Å². The van der Waals surface area contributed by atoms with E-state index in [4.69, 9.17) is 5.11 Å². The van der Waals surface area contributed by atoms with Gasteiger partial charge < -0.3 is 5.11 Å². The summed E-state index contributed by atoms with van der Waals surface area (Å²) in [6.45, 7) is 2.00. The van der Waals surface area contributed by atoms with Crippen LogP contribution in [0.15, 0.2) is 29.2 Å². The summed E-state index contributed by atoms with van der Waals surface area (Å²) in [7, 11) is 1.64. The summed E-state index contributed by atoms with van der Waals surface area (Å²) >= 11 is 1.29. The summed E-state index contributed by atoms with van der Waals surface area (Å²) in [4.78, 5) is 11.7. The zero-order chi connectivity index (χ0) is 10.6. The van der Waals surface area contributed by atoms with Crippen LogP contribution < -0.4 is 5.32 Å². The molecule has 0 aromatic heterocycles. The fraction of sp³-hybridized carbons (Fsp3) is 0.300. The van der Waals surface area contributed by atoms with Gasteiger partial charge in [0.15, 0.2) is 5.37 Å². The van der Waals surface area contributed by atoms with Crippen LogP contribution in [-0.2, 0) is 4.79 Å². The minimum absolute atomic E-state index is 0.585. The number of hydrogen-bond acceptors (Lipinski definition) is 3. The van der Waals surface area contributed by atoms with E-state index < -0.39 is 11.3 Å². The Kier molecular flexibility index (Phi) is 3.98. The number of likely N-dealkylation sites (N-methyl/N-ethyl adjacent to an activating group) is 1. The van der Waals surface area contributed by atoms with Gasteiger partial charge in [0.2, 0.25) is 0 Å². The first-order valence-corrected chi connectivity index (χ1v) is 5.15. The number of rotatable bonds is 4. The maximum atomic E-state index is 10.7. The molecule has 0 aliphatic heterocycles. The maximum absolute atomic E-state index is 10.7. The first kappa shape index (κ1) is 11.1. The third-order valence-corrected chi connectivity index (χ3v) is 2.98. The molecular formula is C10H13NO2S. The van der Waals surface area contributed by atoms with Crippen molar-refractivity contribution in [2.45, 2.75) is 17.2 Å². The van der Waals surface area contributed by atoms with E-state index in [2.05, 4.69) is 5.32 Å². The molecule has 0 bridgehead atoms. The number of nitrogens with one attached hydrogen (secondary N) is 1. The molecule has 0 aliphatic rings. The highest BCUT2D eigenvalue weighted by atomic mass is 32.2. The maximum Gasteiger partial charge on any atom is 0.331 e. The van der Waals surface area contributed by atoms with Crippen molar-refractivity contribution in [3.63, 3.8) is 0 Å². The minimum atomic E-state index is -0.849. The summed E-state index contributed by atoms with van der Waals surface area (Å²) in [5.41, 5.74) is 1.17. The quantitative estimate of drug-likeness (QED) is 0.588. The Bertz CT molecular complexity index is 310. The Morgan fingerprint density at radius 1 is 1.43 bits per heavy atom. The Morgan fingerprint density at radius 2 is 2.00 bits per heavy atom. The minimum Gasteiger partial charge on any atom is -0.479 e. The first-order chi connectivity index (χ1) is 6.63. The number of carboxylic acids is 1. The lowest BCUT2D eigenvalue weighted by molar-refractivity contribution is -0.136.